The third-order valence-electron chi connectivity index (χ3n) is 4.00. The second-order valence-corrected chi connectivity index (χ2v) is 5.40. The average molecular weight is 328 g/mol. The van der Waals surface area contributed by atoms with Crippen molar-refractivity contribution in [2.45, 2.75) is 5.92 Å². The van der Waals surface area contributed by atoms with Crippen LogP contribution in [0.15, 0.2) is 45.3 Å². The largest absolute Gasteiger partial charge is 0.423 e. The zero-order valence-corrected chi connectivity index (χ0v) is 12.9. The van der Waals surface area contributed by atoms with E-state index in [-0.39, 0.29) is 22.9 Å². The molecule has 1 atom stereocenters. The minimum atomic E-state index is -0.917. The highest BCUT2D eigenvalue weighted by atomic mass is 19.1. The Morgan fingerprint density at radius 1 is 1.29 bits per heavy atom. The van der Waals surface area contributed by atoms with Crippen LogP contribution in [0.2, 0.25) is 0 Å². The Bertz CT molecular complexity index is 1040. The van der Waals surface area contributed by atoms with Crippen molar-refractivity contribution in [3.8, 4) is 11.9 Å². The van der Waals surface area contributed by atoms with Gasteiger partial charge in [-0.15, -0.1) is 0 Å². The van der Waals surface area contributed by atoms with Crippen molar-refractivity contribution >= 4 is 0 Å². The maximum atomic E-state index is 13.6. The highest BCUT2D eigenvalue weighted by Crippen LogP contribution is 2.39. The number of nitriles is 1. The van der Waals surface area contributed by atoms with E-state index in [0.717, 1.165) is 9.13 Å². The fourth-order valence-electron chi connectivity index (χ4n) is 2.81. The summed E-state index contributed by atoms with van der Waals surface area (Å²) in [5.41, 5.74) is 5.00. The van der Waals surface area contributed by atoms with Gasteiger partial charge in [0.2, 0.25) is 11.8 Å². The highest BCUT2D eigenvalue weighted by molar-refractivity contribution is 5.52. The van der Waals surface area contributed by atoms with Gasteiger partial charge in [-0.25, -0.2) is 9.18 Å². The zero-order valence-electron chi connectivity index (χ0n) is 12.9. The van der Waals surface area contributed by atoms with E-state index < -0.39 is 23.0 Å². The number of allylic oxidation sites excluding steroid dienone is 1. The fourth-order valence-corrected chi connectivity index (χ4v) is 2.81. The zero-order chi connectivity index (χ0) is 17.6. The SMILES string of the molecule is Cn1c2c(c(=O)n(C)c1=O)[C@H](c1cccc(F)c1)C(C#N)=C(N)O2. The lowest BCUT2D eigenvalue weighted by molar-refractivity contribution is 0.348. The molecule has 1 aromatic heterocycles. The molecule has 0 amide bonds. The van der Waals surface area contributed by atoms with Gasteiger partial charge in [-0.05, 0) is 17.7 Å². The molecular formula is C16H13FN4O3. The molecule has 2 heterocycles. The van der Waals surface area contributed by atoms with E-state index in [0.29, 0.717) is 5.56 Å². The summed E-state index contributed by atoms with van der Waals surface area (Å²) in [7, 11) is 2.75. The quantitative estimate of drug-likeness (QED) is 0.818. The Labute approximate surface area is 135 Å². The molecule has 1 aliphatic rings. The fraction of sp³-hybridized carbons (Fsp3) is 0.188. The predicted molar refractivity (Wildman–Crippen MR) is 82.6 cm³/mol. The monoisotopic (exact) mass is 328 g/mol. The number of aromatic nitrogens is 2. The van der Waals surface area contributed by atoms with E-state index in [1.165, 1.54) is 32.3 Å². The van der Waals surface area contributed by atoms with Gasteiger partial charge in [0.15, 0.2) is 0 Å². The van der Waals surface area contributed by atoms with Crippen LogP contribution in [-0.2, 0) is 14.1 Å². The predicted octanol–water partition coefficient (Wildman–Crippen LogP) is 0.441. The number of rotatable bonds is 1. The van der Waals surface area contributed by atoms with Crippen molar-refractivity contribution in [3.05, 3.63) is 73.5 Å². The Balaban J connectivity index is 2.44. The van der Waals surface area contributed by atoms with Gasteiger partial charge in [0.1, 0.15) is 17.5 Å². The van der Waals surface area contributed by atoms with E-state index in [2.05, 4.69) is 0 Å². The van der Waals surface area contributed by atoms with Gasteiger partial charge < -0.3 is 10.5 Å². The standard InChI is InChI=1S/C16H13FN4O3/c1-20-14(22)12-11(8-4-3-5-9(17)6-8)10(7-18)13(19)24-15(12)21(2)16(20)23/h3-6,11H,19H2,1-2H3/t11-/m1/s1. The van der Waals surface area contributed by atoms with Crippen LogP contribution in [0.3, 0.4) is 0 Å². The Hall–Kier alpha value is -3.34. The molecule has 0 bridgehead atoms. The van der Waals surface area contributed by atoms with Crippen molar-refractivity contribution in [1.82, 2.24) is 9.13 Å². The molecule has 1 aliphatic heterocycles. The number of fused-ring (bicyclic) bond motifs is 1. The lowest BCUT2D eigenvalue weighted by atomic mass is 9.85. The number of nitrogens with two attached hydrogens (primary N) is 1. The topological polar surface area (TPSA) is 103 Å². The maximum Gasteiger partial charge on any atom is 0.333 e. The van der Waals surface area contributed by atoms with Crippen LogP contribution in [0.4, 0.5) is 4.39 Å². The van der Waals surface area contributed by atoms with Gasteiger partial charge in [0.05, 0.1) is 11.5 Å². The molecule has 0 fully saturated rings. The molecule has 0 aliphatic carbocycles. The van der Waals surface area contributed by atoms with Crippen molar-refractivity contribution in [1.29, 1.82) is 5.26 Å². The summed E-state index contributed by atoms with van der Waals surface area (Å²) in [6, 6.07) is 7.43. The molecule has 0 spiro atoms. The number of hydrogen-bond acceptors (Lipinski definition) is 5. The summed E-state index contributed by atoms with van der Waals surface area (Å²) in [6.07, 6.45) is 0. The molecular weight excluding hydrogens is 315 g/mol. The van der Waals surface area contributed by atoms with Crippen LogP contribution in [0, 0.1) is 17.1 Å². The lowest BCUT2D eigenvalue weighted by Gasteiger charge is -2.27. The molecule has 122 valence electrons. The number of ether oxygens (including phenoxy) is 1. The van der Waals surface area contributed by atoms with Crippen molar-refractivity contribution in [2.75, 3.05) is 0 Å². The highest BCUT2D eigenvalue weighted by Gasteiger charge is 2.35. The average Bonchev–Trinajstić information content (AvgIpc) is 2.57. The second-order valence-electron chi connectivity index (χ2n) is 5.40. The summed E-state index contributed by atoms with van der Waals surface area (Å²) in [5.74, 6) is -1.70. The number of halogens is 1. The molecule has 24 heavy (non-hydrogen) atoms. The van der Waals surface area contributed by atoms with Gasteiger partial charge >= 0.3 is 5.69 Å². The van der Waals surface area contributed by atoms with Crippen LogP contribution >= 0.6 is 0 Å². The maximum absolute atomic E-state index is 13.6. The van der Waals surface area contributed by atoms with E-state index in [9.17, 15) is 19.2 Å². The molecule has 0 saturated heterocycles. The second kappa shape index (κ2) is 5.38. The first-order chi connectivity index (χ1) is 11.4. The normalized spacial score (nSPS) is 16.3. The van der Waals surface area contributed by atoms with Gasteiger partial charge in [0.25, 0.3) is 5.56 Å². The van der Waals surface area contributed by atoms with Gasteiger partial charge in [-0.3, -0.25) is 13.9 Å². The summed E-state index contributed by atoms with van der Waals surface area (Å²) in [6.45, 7) is 0. The molecule has 8 heteroatoms. The smallest absolute Gasteiger partial charge is 0.333 e. The molecule has 1 aromatic carbocycles. The minimum Gasteiger partial charge on any atom is -0.423 e. The summed E-state index contributed by atoms with van der Waals surface area (Å²) >= 11 is 0. The molecule has 7 nitrogen and oxygen atoms in total. The van der Waals surface area contributed by atoms with Gasteiger partial charge in [-0.2, -0.15) is 5.26 Å². The molecule has 0 unspecified atom stereocenters. The number of benzene rings is 1. The molecule has 2 aromatic rings. The van der Waals surface area contributed by atoms with Crippen molar-refractivity contribution in [3.63, 3.8) is 0 Å². The first-order valence-corrected chi connectivity index (χ1v) is 6.99. The van der Waals surface area contributed by atoms with Crippen LogP contribution in [0.5, 0.6) is 5.88 Å². The number of hydrogen-bond donors (Lipinski definition) is 1. The van der Waals surface area contributed by atoms with Crippen molar-refractivity contribution < 1.29 is 9.13 Å². The molecule has 3 rings (SSSR count). The molecule has 0 radical (unpaired) electrons. The number of nitrogens with zero attached hydrogens (tertiary/aromatic N) is 3. The van der Waals surface area contributed by atoms with Gasteiger partial charge in [0, 0.05) is 14.1 Å². The van der Waals surface area contributed by atoms with Crippen LogP contribution in [0.25, 0.3) is 0 Å². The van der Waals surface area contributed by atoms with E-state index >= 15 is 0 Å². The minimum absolute atomic E-state index is 0.0103. The van der Waals surface area contributed by atoms with E-state index in [4.69, 9.17) is 10.5 Å². The molecule has 0 saturated carbocycles. The van der Waals surface area contributed by atoms with Crippen molar-refractivity contribution in [2.24, 2.45) is 19.8 Å². The first kappa shape index (κ1) is 15.6. The van der Waals surface area contributed by atoms with Crippen LogP contribution in [-0.4, -0.2) is 9.13 Å². The summed E-state index contributed by atoms with van der Waals surface area (Å²) < 4.78 is 21.0. The summed E-state index contributed by atoms with van der Waals surface area (Å²) in [5, 5.41) is 9.43. The summed E-state index contributed by atoms with van der Waals surface area (Å²) in [4.78, 5) is 24.7. The van der Waals surface area contributed by atoms with Crippen LogP contribution in [0.1, 0.15) is 17.0 Å². The Morgan fingerprint density at radius 3 is 2.62 bits per heavy atom. The third kappa shape index (κ3) is 2.10. The van der Waals surface area contributed by atoms with Crippen LogP contribution < -0.4 is 21.7 Å². The Morgan fingerprint density at radius 2 is 2.00 bits per heavy atom. The molecule has 2 N–H and O–H groups in total. The first-order valence-electron chi connectivity index (χ1n) is 6.99. The third-order valence-corrected chi connectivity index (χ3v) is 4.00. The van der Waals surface area contributed by atoms with E-state index in [1.54, 1.807) is 6.07 Å². The Kier molecular flexibility index (Phi) is 3.49. The van der Waals surface area contributed by atoms with E-state index in [1.807, 2.05) is 6.07 Å². The lowest BCUT2D eigenvalue weighted by Crippen LogP contribution is -2.42. The van der Waals surface area contributed by atoms with Gasteiger partial charge in [-0.1, -0.05) is 12.1 Å².